The van der Waals surface area contributed by atoms with Crippen molar-refractivity contribution in [2.45, 2.75) is 178 Å². The van der Waals surface area contributed by atoms with Crippen molar-refractivity contribution >= 4 is 33.4 Å². The fraction of sp³-hybridized carbons (Fsp3) is 0.252. The van der Waals surface area contributed by atoms with Gasteiger partial charge >= 0.3 is 0 Å². The Balaban J connectivity index is 0.000000257. The molecule has 10 nitrogen and oxygen atoms in total. The van der Waals surface area contributed by atoms with Crippen LogP contribution in [0.3, 0.4) is 0 Å². The van der Waals surface area contributed by atoms with Crippen LogP contribution in [0.15, 0.2) is 364 Å². The number of allylic oxidation sites excluding steroid dienone is 4. The Morgan fingerprint density at radius 2 is 0.731 bits per heavy atom. The third kappa shape index (κ3) is 41.4. The molecular weight excluding hydrogens is 2490 g/mol. The molecule has 0 amide bonds. The molecule has 0 saturated carbocycles. The molecule has 2 N–H and O–H groups in total. The van der Waals surface area contributed by atoms with Crippen molar-refractivity contribution in [3.05, 3.63) is 445 Å². The maximum absolute atomic E-state index is 11.5. The van der Waals surface area contributed by atoms with Crippen LogP contribution in [0.1, 0.15) is 168 Å². The number of hydrogen-bond donors (Lipinski definition) is 2. The predicted molar refractivity (Wildman–Crippen MR) is 591 cm³/mol. The number of rotatable bonds is 21. The van der Waals surface area contributed by atoms with Crippen LogP contribution < -0.4 is 0 Å². The molecule has 0 spiro atoms. The van der Waals surface area contributed by atoms with Crippen molar-refractivity contribution in [1.29, 1.82) is 0 Å². The van der Waals surface area contributed by atoms with Gasteiger partial charge in [0, 0.05) is 152 Å². The standard InChI is InChI=1S/C27H26N.C21H22N.C21H20N.C17H12N.C12H10N.C11H8N.2C11H20O2.4Ir/c1-18(2)12-23-17-27(24-14-19(3)13-20(4)15-24)28-26-11-10-22(16-25(23)26)21-8-6-5-7-9-21;1-14(2)9-17-13-21(18-11-15(3)10-16(4)12-18)22-20-8-6-5-7-19(17)20;1-16(2)14-17-8-10-18(11-9-17)20-12-13-22-21(15-20)19-6-4-3-5-7-19;1-3-7-14(8-4-1)16-11-12-17(18-13-16)15-9-5-2-6-10-15;1-10-7-8-12(13-9-10)11-5-3-2-4-6-11;1-2-6-10(7-3-1)11-8-4-5-9-12-11;1-10(2,3)8(12)7-9(13)11(4,5)6;1-8(2)5-10(12)7-11(13)6-9(3)4;;;;/h5-11,13-14,16-18H,12H2,1-4H3;5-8,10-11,13-14H,9H2,1-4H3;3-6,8-13,15-16H,14H2,1-2H3;1-9,11-13H;2-5,7-9H,1H3;1-6,8-9H;7,12H,1-6H3;7-9,12H,5-6H2,1-4H3;;;;/q6*-1;;;;;;/b;;;;;;;10-7-;;;;. The zero-order valence-corrected chi connectivity index (χ0v) is 97.2. The first-order valence-electron chi connectivity index (χ1n) is 49.0. The number of carbonyl (C=O) groups is 2. The van der Waals surface area contributed by atoms with Gasteiger partial charge in [0.2, 0.25) is 0 Å². The number of aryl methyl sites for hydroxylation is 5. The second-order valence-electron chi connectivity index (χ2n) is 39.9. The molecule has 0 bridgehead atoms. The average Bonchev–Trinajstić information content (AvgIpc) is 0.761. The Labute approximate surface area is 919 Å². The summed E-state index contributed by atoms with van der Waals surface area (Å²) in [4.78, 5) is 50.0. The van der Waals surface area contributed by atoms with Crippen molar-refractivity contribution in [2.75, 3.05) is 0 Å². The summed E-state index contributed by atoms with van der Waals surface area (Å²) in [6.07, 6.45) is 14.5. The van der Waals surface area contributed by atoms with Gasteiger partial charge in [0.05, 0.1) is 16.8 Å². The number of ketones is 2. The van der Waals surface area contributed by atoms with Crippen LogP contribution >= 0.6 is 0 Å². The summed E-state index contributed by atoms with van der Waals surface area (Å²) in [6, 6.07) is 127. The molecular formula is C131H138Ir4N6O4-6. The molecule has 11 aromatic carbocycles. The summed E-state index contributed by atoms with van der Waals surface area (Å²) in [6.45, 7) is 43.2. The molecule has 6 heterocycles. The van der Waals surface area contributed by atoms with Crippen LogP contribution in [0.25, 0.3) is 123 Å². The predicted octanol–water partition coefficient (Wildman–Crippen LogP) is 33.9. The van der Waals surface area contributed by atoms with E-state index in [9.17, 15) is 19.8 Å². The van der Waals surface area contributed by atoms with Crippen molar-refractivity contribution in [3.8, 4) is 101 Å². The third-order valence-electron chi connectivity index (χ3n) is 22.3. The van der Waals surface area contributed by atoms with E-state index in [1.54, 1.807) is 6.20 Å². The summed E-state index contributed by atoms with van der Waals surface area (Å²) in [5, 5.41) is 21.4. The van der Waals surface area contributed by atoms with Gasteiger partial charge in [0.25, 0.3) is 0 Å². The smallest absolute Gasteiger partial charge is 0.164 e. The van der Waals surface area contributed by atoms with E-state index in [1.165, 1.54) is 84.1 Å². The molecule has 758 valence electrons. The van der Waals surface area contributed by atoms with Gasteiger partial charge < -0.3 is 30.1 Å². The van der Waals surface area contributed by atoms with Crippen LogP contribution in [-0.4, -0.2) is 51.7 Å². The molecule has 17 aromatic rings. The van der Waals surface area contributed by atoms with Gasteiger partial charge in [-0.2, -0.15) is 0 Å². The molecule has 6 aromatic heterocycles. The minimum atomic E-state index is -0.417. The first-order valence-corrected chi connectivity index (χ1v) is 49.0. The second-order valence-corrected chi connectivity index (χ2v) is 39.9. The summed E-state index contributed by atoms with van der Waals surface area (Å²) in [5.41, 5.74) is 30.9. The largest absolute Gasteiger partial charge is 0.512 e. The average molecular weight is 2630 g/mol. The number of nitrogens with zero attached hydrogens (tertiary/aromatic N) is 6. The molecule has 0 saturated heterocycles. The van der Waals surface area contributed by atoms with E-state index in [-0.39, 0.29) is 109 Å². The van der Waals surface area contributed by atoms with Crippen molar-refractivity contribution in [3.63, 3.8) is 0 Å². The van der Waals surface area contributed by atoms with E-state index < -0.39 is 5.41 Å². The van der Waals surface area contributed by atoms with Gasteiger partial charge in [-0.3, -0.25) is 19.6 Å². The molecule has 4 radical (unpaired) electrons. The molecule has 17 rings (SSSR count). The Morgan fingerprint density at radius 3 is 1.17 bits per heavy atom. The molecule has 145 heavy (non-hydrogen) atoms. The summed E-state index contributed by atoms with van der Waals surface area (Å²) in [7, 11) is 0. The van der Waals surface area contributed by atoms with Crippen molar-refractivity contribution in [2.24, 2.45) is 40.4 Å². The number of carbonyl (C=O) groups excluding carboxylic acids is 2. The number of fused-ring (bicyclic) bond motifs is 2. The van der Waals surface area contributed by atoms with Crippen LogP contribution in [0.5, 0.6) is 0 Å². The molecule has 0 fully saturated rings. The van der Waals surface area contributed by atoms with E-state index >= 15 is 0 Å². The molecule has 0 aliphatic carbocycles. The Morgan fingerprint density at radius 1 is 0.317 bits per heavy atom. The first-order chi connectivity index (χ1) is 67.5. The normalized spacial score (nSPS) is 10.9. The monoisotopic (exact) mass is 2630 g/mol. The van der Waals surface area contributed by atoms with Crippen LogP contribution in [0, 0.1) is 111 Å². The zero-order chi connectivity index (χ0) is 102. The van der Waals surface area contributed by atoms with E-state index in [4.69, 9.17) is 9.97 Å². The van der Waals surface area contributed by atoms with Gasteiger partial charge in [0.1, 0.15) is 5.76 Å². The van der Waals surface area contributed by atoms with Crippen LogP contribution in [-0.2, 0) is 109 Å². The number of benzene rings is 11. The van der Waals surface area contributed by atoms with Gasteiger partial charge in [0.15, 0.2) is 11.6 Å². The van der Waals surface area contributed by atoms with Crippen LogP contribution in [0.2, 0.25) is 0 Å². The molecule has 0 aliphatic rings. The van der Waals surface area contributed by atoms with Gasteiger partial charge in [-0.25, -0.2) is 0 Å². The maximum Gasteiger partial charge on any atom is 0.164 e. The third-order valence-corrected chi connectivity index (χ3v) is 22.3. The number of para-hydroxylation sites is 1. The zero-order valence-electron chi connectivity index (χ0n) is 87.6. The fourth-order valence-corrected chi connectivity index (χ4v) is 15.4. The Kier molecular flexibility index (Phi) is 51.4. The van der Waals surface area contributed by atoms with Crippen molar-refractivity contribution in [1.82, 2.24) is 29.9 Å². The van der Waals surface area contributed by atoms with Crippen molar-refractivity contribution < 1.29 is 100 Å². The molecule has 0 aliphatic heterocycles. The fourth-order valence-electron chi connectivity index (χ4n) is 15.4. The SMILES string of the molecule is CC(C)(C)C(=O)C=C(O)C(C)(C)C.CC(C)CC(=O)/C=C(\O)CC(C)C.CC(C)Cc1ccc(-c2ccnc(-c3[c-]cccc3)c2)cc1.Cc1[c-]c(-c2cc(CC(C)C)c3cc(-c4ccccc4)ccc3n2)cc(C)c1.Cc1[c-]c(-c2cc(CC(C)C)c3ccccc3n2)cc(C)c1.Cc1ccc(-c2[c-]cccc2)nc1.[Ir].[Ir].[Ir].[Ir].[c-]1ccccc1-c1ccc(-c2ccccc2)cn1.[c-]1ccccc1-c1ccccn1. The Hall–Kier alpha value is -12.1. The Bertz CT molecular complexity index is 6680. The summed E-state index contributed by atoms with van der Waals surface area (Å²) < 4.78 is 0. The summed E-state index contributed by atoms with van der Waals surface area (Å²) >= 11 is 0. The quantitative estimate of drug-likeness (QED) is 0.0404. The number of aliphatic hydroxyl groups excluding tert-OH is 2. The maximum atomic E-state index is 11.5. The van der Waals surface area contributed by atoms with E-state index in [1.807, 2.05) is 240 Å². The second kappa shape index (κ2) is 61.3. The van der Waals surface area contributed by atoms with Crippen LogP contribution in [0.4, 0.5) is 0 Å². The minimum Gasteiger partial charge on any atom is -0.512 e. The van der Waals surface area contributed by atoms with E-state index in [0.717, 1.165) is 115 Å². The molecule has 0 unspecified atom stereocenters. The number of pyridine rings is 6. The number of aromatic nitrogens is 6. The van der Waals surface area contributed by atoms with Gasteiger partial charge in [-0.05, 0) is 176 Å². The molecule has 0 atom stereocenters. The minimum absolute atomic E-state index is 0. The first kappa shape index (κ1) is 122. The van der Waals surface area contributed by atoms with E-state index in [0.29, 0.717) is 42.4 Å². The van der Waals surface area contributed by atoms with E-state index in [2.05, 4.69) is 295 Å². The topological polar surface area (TPSA) is 152 Å². The van der Waals surface area contributed by atoms with Gasteiger partial charge in [-0.15, -0.1) is 213 Å². The number of aliphatic hydroxyl groups is 2. The number of hydrogen-bond acceptors (Lipinski definition) is 10. The van der Waals surface area contributed by atoms with Gasteiger partial charge in [-0.1, -0.05) is 302 Å². The summed E-state index contributed by atoms with van der Waals surface area (Å²) in [5.74, 6) is 2.98. The molecule has 14 heteroatoms.